The lowest BCUT2D eigenvalue weighted by Gasteiger charge is -2.22. The third kappa shape index (κ3) is 2.92. The van der Waals surface area contributed by atoms with Crippen molar-refractivity contribution in [2.75, 3.05) is 6.54 Å². The molecule has 1 unspecified atom stereocenters. The third-order valence-corrected chi connectivity index (χ3v) is 6.61. The van der Waals surface area contributed by atoms with Gasteiger partial charge in [-0.05, 0) is 44.1 Å². The van der Waals surface area contributed by atoms with Gasteiger partial charge >= 0.3 is 0 Å². The molecule has 2 aromatic rings. The molecule has 3 heterocycles. The maximum Gasteiger partial charge on any atom is 0.262 e. The third-order valence-electron chi connectivity index (χ3n) is 5.41. The monoisotopic (exact) mass is 374 g/mol. The largest absolute Gasteiger partial charge is 0.368 e. The SMILES string of the molecule is NC(=O)C1CCCN1C(=O)CCn1cnc2sc3c(c2c1=O)CCCC3. The molecule has 0 spiro atoms. The lowest BCUT2D eigenvalue weighted by molar-refractivity contribution is -0.137. The van der Waals surface area contributed by atoms with E-state index < -0.39 is 11.9 Å². The highest BCUT2D eigenvalue weighted by molar-refractivity contribution is 7.18. The minimum atomic E-state index is -0.510. The highest BCUT2D eigenvalue weighted by Gasteiger charge is 2.32. The van der Waals surface area contributed by atoms with E-state index in [1.165, 1.54) is 22.2 Å². The van der Waals surface area contributed by atoms with Crippen LogP contribution in [0.5, 0.6) is 0 Å². The first-order valence-electron chi connectivity index (χ1n) is 9.14. The summed E-state index contributed by atoms with van der Waals surface area (Å²) in [5.74, 6) is -0.591. The van der Waals surface area contributed by atoms with Gasteiger partial charge in [-0.1, -0.05) is 0 Å². The summed E-state index contributed by atoms with van der Waals surface area (Å²) in [6.45, 7) is 0.823. The quantitative estimate of drug-likeness (QED) is 0.869. The smallest absolute Gasteiger partial charge is 0.262 e. The Kier molecular flexibility index (Phi) is 4.52. The second-order valence-electron chi connectivity index (χ2n) is 7.03. The molecular weight excluding hydrogens is 352 g/mol. The molecule has 0 radical (unpaired) electrons. The number of nitrogens with zero attached hydrogens (tertiary/aromatic N) is 3. The number of thiophene rings is 1. The average Bonchev–Trinajstić information content (AvgIpc) is 3.25. The average molecular weight is 374 g/mol. The van der Waals surface area contributed by atoms with Crippen molar-refractivity contribution in [3.8, 4) is 0 Å². The standard InChI is InChI=1S/C18H22N4O3S/c19-16(24)12-5-3-8-22(12)14(23)7-9-21-10-20-17-15(18(21)25)11-4-1-2-6-13(11)26-17/h10,12H,1-9H2,(H2,19,24). The molecule has 8 heteroatoms. The van der Waals surface area contributed by atoms with E-state index in [1.807, 2.05) is 0 Å². The number of rotatable bonds is 4. The molecule has 138 valence electrons. The summed E-state index contributed by atoms with van der Waals surface area (Å²) in [7, 11) is 0. The molecule has 7 nitrogen and oxygen atoms in total. The van der Waals surface area contributed by atoms with E-state index in [-0.39, 0.29) is 24.4 Å². The normalized spacial score (nSPS) is 19.7. The van der Waals surface area contributed by atoms with Crippen LogP contribution in [0.3, 0.4) is 0 Å². The summed E-state index contributed by atoms with van der Waals surface area (Å²) in [4.78, 5) is 44.9. The summed E-state index contributed by atoms with van der Waals surface area (Å²) >= 11 is 1.62. The number of aromatic nitrogens is 2. The van der Waals surface area contributed by atoms with Crippen LogP contribution in [-0.2, 0) is 29.0 Å². The van der Waals surface area contributed by atoms with E-state index in [9.17, 15) is 14.4 Å². The van der Waals surface area contributed by atoms with Crippen LogP contribution in [0.25, 0.3) is 10.2 Å². The Morgan fingerprint density at radius 1 is 1.27 bits per heavy atom. The van der Waals surface area contributed by atoms with Crippen LogP contribution in [0.4, 0.5) is 0 Å². The molecule has 2 aromatic heterocycles. The zero-order chi connectivity index (χ0) is 18.3. The van der Waals surface area contributed by atoms with E-state index in [4.69, 9.17) is 5.73 Å². The number of primary amides is 1. The Balaban J connectivity index is 1.54. The summed E-state index contributed by atoms with van der Waals surface area (Å²) in [6, 6.07) is -0.510. The molecule has 2 aliphatic rings. The Bertz CT molecular complexity index is 932. The second-order valence-corrected chi connectivity index (χ2v) is 8.12. The van der Waals surface area contributed by atoms with E-state index in [0.29, 0.717) is 13.0 Å². The van der Waals surface area contributed by atoms with Crippen molar-refractivity contribution < 1.29 is 9.59 Å². The van der Waals surface area contributed by atoms with Gasteiger partial charge in [0.15, 0.2) is 0 Å². The number of carbonyl (C=O) groups is 2. The van der Waals surface area contributed by atoms with E-state index in [1.54, 1.807) is 16.2 Å². The lowest BCUT2D eigenvalue weighted by Crippen LogP contribution is -2.44. The number of amides is 2. The van der Waals surface area contributed by atoms with Crippen LogP contribution in [0.1, 0.15) is 42.5 Å². The number of nitrogens with two attached hydrogens (primary N) is 1. The van der Waals surface area contributed by atoms with Crippen molar-refractivity contribution in [3.63, 3.8) is 0 Å². The first-order chi connectivity index (χ1) is 12.6. The number of aryl methyl sites for hydroxylation is 3. The Morgan fingerprint density at radius 3 is 2.88 bits per heavy atom. The van der Waals surface area contributed by atoms with Gasteiger partial charge in [0.05, 0.1) is 11.7 Å². The summed E-state index contributed by atoms with van der Waals surface area (Å²) in [6.07, 6.45) is 7.34. The van der Waals surface area contributed by atoms with Crippen LogP contribution in [0.15, 0.2) is 11.1 Å². The predicted octanol–water partition coefficient (Wildman–Crippen LogP) is 1.20. The summed E-state index contributed by atoms with van der Waals surface area (Å²) in [5, 5.41) is 0.732. The molecule has 0 aromatic carbocycles. The molecule has 0 saturated carbocycles. The molecule has 26 heavy (non-hydrogen) atoms. The fourth-order valence-electron chi connectivity index (χ4n) is 4.06. The van der Waals surface area contributed by atoms with Crippen LogP contribution >= 0.6 is 11.3 Å². The van der Waals surface area contributed by atoms with E-state index in [2.05, 4.69) is 4.98 Å². The molecule has 0 bridgehead atoms. The van der Waals surface area contributed by atoms with Crippen LogP contribution < -0.4 is 11.3 Å². The van der Waals surface area contributed by atoms with E-state index >= 15 is 0 Å². The van der Waals surface area contributed by atoms with Crippen LogP contribution in [0.2, 0.25) is 0 Å². The number of hydrogen-bond donors (Lipinski definition) is 1. The zero-order valence-corrected chi connectivity index (χ0v) is 15.4. The summed E-state index contributed by atoms with van der Waals surface area (Å²) in [5.41, 5.74) is 6.47. The Morgan fingerprint density at radius 2 is 2.08 bits per heavy atom. The fourth-order valence-corrected chi connectivity index (χ4v) is 5.28. The van der Waals surface area contributed by atoms with Crippen molar-refractivity contribution >= 4 is 33.4 Å². The fraction of sp³-hybridized carbons (Fsp3) is 0.556. The highest BCUT2D eigenvalue weighted by atomic mass is 32.1. The van der Waals surface area contributed by atoms with Crippen molar-refractivity contribution in [2.45, 2.75) is 57.5 Å². The minimum absolute atomic E-state index is 0.0601. The molecule has 1 atom stereocenters. The predicted molar refractivity (Wildman–Crippen MR) is 99.1 cm³/mol. The highest BCUT2D eigenvalue weighted by Crippen LogP contribution is 2.33. The van der Waals surface area contributed by atoms with Gasteiger partial charge in [-0.15, -0.1) is 11.3 Å². The first kappa shape index (κ1) is 17.2. The van der Waals surface area contributed by atoms with Gasteiger partial charge in [0, 0.05) is 24.4 Å². The first-order valence-corrected chi connectivity index (χ1v) is 9.96. The van der Waals surface area contributed by atoms with Gasteiger partial charge in [-0.25, -0.2) is 4.98 Å². The number of fused-ring (bicyclic) bond motifs is 3. The van der Waals surface area contributed by atoms with Crippen LogP contribution in [0, 0.1) is 0 Å². The minimum Gasteiger partial charge on any atom is -0.368 e. The van der Waals surface area contributed by atoms with Gasteiger partial charge in [-0.3, -0.25) is 19.0 Å². The van der Waals surface area contributed by atoms with Crippen molar-refractivity contribution in [1.82, 2.24) is 14.5 Å². The molecule has 4 rings (SSSR count). The zero-order valence-electron chi connectivity index (χ0n) is 14.6. The molecule has 1 aliphatic carbocycles. The van der Waals surface area contributed by atoms with Gasteiger partial charge in [0.2, 0.25) is 11.8 Å². The van der Waals surface area contributed by atoms with Gasteiger partial charge in [0.1, 0.15) is 10.9 Å². The van der Waals surface area contributed by atoms with Gasteiger partial charge in [-0.2, -0.15) is 0 Å². The lowest BCUT2D eigenvalue weighted by atomic mass is 9.97. The van der Waals surface area contributed by atoms with Gasteiger partial charge < -0.3 is 10.6 Å². The number of carbonyl (C=O) groups excluding carboxylic acids is 2. The van der Waals surface area contributed by atoms with Crippen molar-refractivity contribution in [2.24, 2.45) is 5.73 Å². The number of hydrogen-bond acceptors (Lipinski definition) is 5. The topological polar surface area (TPSA) is 98.3 Å². The molecule has 2 N–H and O–H groups in total. The second kappa shape index (κ2) is 6.83. The maximum atomic E-state index is 12.9. The van der Waals surface area contributed by atoms with E-state index in [0.717, 1.165) is 41.5 Å². The molecule has 2 amide bonds. The van der Waals surface area contributed by atoms with Crippen molar-refractivity contribution in [1.29, 1.82) is 0 Å². The maximum absolute atomic E-state index is 12.9. The number of likely N-dealkylation sites (tertiary alicyclic amines) is 1. The molecular formula is C18H22N4O3S. The Labute approximate surface area is 154 Å². The molecule has 1 fully saturated rings. The molecule has 1 saturated heterocycles. The molecule has 1 aliphatic heterocycles. The van der Waals surface area contributed by atoms with Crippen LogP contribution in [-0.4, -0.2) is 38.9 Å². The van der Waals surface area contributed by atoms with Gasteiger partial charge in [0.25, 0.3) is 5.56 Å². The summed E-state index contributed by atoms with van der Waals surface area (Å²) < 4.78 is 1.52. The Hall–Kier alpha value is -2.22. The van der Waals surface area contributed by atoms with Crippen molar-refractivity contribution in [3.05, 3.63) is 27.1 Å².